The smallest absolute Gasteiger partial charge is 0.409 e. The van der Waals surface area contributed by atoms with Gasteiger partial charge in [0.05, 0.1) is 5.75 Å². The number of alkyl halides is 3. The Balaban J connectivity index is 1.86. The van der Waals surface area contributed by atoms with Crippen LogP contribution in [0.2, 0.25) is 0 Å². The minimum atomic E-state index is -4.74. The predicted octanol–water partition coefficient (Wildman–Crippen LogP) is 3.10. The number of nitrogens with one attached hydrogen (secondary N) is 3. The van der Waals surface area contributed by atoms with E-state index in [4.69, 9.17) is 10.9 Å². The fraction of sp³-hybridized carbons (Fsp3) is 0.200. The van der Waals surface area contributed by atoms with Gasteiger partial charge in [-0.15, -0.1) is 0 Å². The van der Waals surface area contributed by atoms with Crippen LogP contribution in [-0.4, -0.2) is 40.2 Å². The Kier molecular flexibility index (Phi) is 7.58. The highest BCUT2D eigenvalue weighted by Crippen LogP contribution is 2.34. The van der Waals surface area contributed by atoms with E-state index in [1.807, 2.05) is 0 Å². The molecule has 35 heavy (non-hydrogen) atoms. The highest BCUT2D eigenvalue weighted by atomic mass is 32.2. The number of rotatable bonds is 9. The highest BCUT2D eigenvalue weighted by molar-refractivity contribution is 7.92. The van der Waals surface area contributed by atoms with E-state index < -0.39 is 27.6 Å². The lowest BCUT2D eigenvalue weighted by atomic mass is 10.2. The average Bonchev–Trinajstić information content (AvgIpc) is 2.82. The van der Waals surface area contributed by atoms with Crippen molar-refractivity contribution in [2.75, 3.05) is 21.1 Å². The van der Waals surface area contributed by atoms with E-state index >= 15 is 0 Å². The number of nitrogens with zero attached hydrogens (tertiary/aromatic N) is 4. The number of hydrogen-bond acceptors (Lipinski definition) is 9. The van der Waals surface area contributed by atoms with Gasteiger partial charge in [0.2, 0.25) is 16.0 Å². The third kappa shape index (κ3) is 6.69. The van der Waals surface area contributed by atoms with Gasteiger partial charge >= 0.3 is 6.18 Å². The first-order valence-corrected chi connectivity index (χ1v) is 11.6. The second kappa shape index (κ2) is 10.4. The molecule has 2 heterocycles. The van der Waals surface area contributed by atoms with Crippen LogP contribution < -0.4 is 21.1 Å². The molecule has 3 rings (SSSR count). The predicted molar refractivity (Wildman–Crippen MR) is 124 cm³/mol. The van der Waals surface area contributed by atoms with Crippen LogP contribution in [0.25, 0.3) is 0 Å². The highest BCUT2D eigenvalue weighted by Gasteiger charge is 2.35. The number of anilines is 4. The Bertz CT molecular complexity index is 1320. The molecule has 0 amide bonds. The molecule has 0 aliphatic carbocycles. The van der Waals surface area contributed by atoms with Crippen LogP contribution in [0.4, 0.5) is 36.4 Å². The minimum Gasteiger partial charge on any atom is -0.409 e. The Morgan fingerprint density at radius 1 is 1.14 bits per heavy atom. The molecule has 0 fully saturated rings. The van der Waals surface area contributed by atoms with Crippen molar-refractivity contribution in [2.45, 2.75) is 19.6 Å². The molecule has 0 saturated heterocycles. The molecule has 1 aromatic carbocycles. The summed E-state index contributed by atoms with van der Waals surface area (Å²) in [5.74, 6) is -0.958. The monoisotopic (exact) mass is 510 g/mol. The van der Waals surface area contributed by atoms with Crippen LogP contribution in [0.1, 0.15) is 23.6 Å². The zero-order chi connectivity index (χ0) is 25.6. The second-order valence-electron chi connectivity index (χ2n) is 7.01. The van der Waals surface area contributed by atoms with Gasteiger partial charge in [-0.05, 0) is 37.3 Å². The molecule has 0 aliphatic heterocycles. The Morgan fingerprint density at radius 3 is 2.49 bits per heavy atom. The fourth-order valence-corrected chi connectivity index (χ4v) is 3.39. The van der Waals surface area contributed by atoms with Crippen LogP contribution in [0.15, 0.2) is 53.9 Å². The number of nitrogens with two attached hydrogens (primary N) is 1. The molecule has 0 radical (unpaired) electrons. The van der Waals surface area contributed by atoms with Crippen molar-refractivity contribution in [1.82, 2.24) is 15.0 Å². The fourth-order valence-electron chi connectivity index (χ4n) is 2.77. The van der Waals surface area contributed by atoms with Gasteiger partial charge in [0.1, 0.15) is 17.2 Å². The first-order chi connectivity index (χ1) is 16.5. The summed E-state index contributed by atoms with van der Waals surface area (Å²) in [5.41, 5.74) is 5.58. The van der Waals surface area contributed by atoms with Gasteiger partial charge in [-0.25, -0.2) is 18.4 Å². The first kappa shape index (κ1) is 25.5. The Hall–Kier alpha value is -4.14. The van der Waals surface area contributed by atoms with Crippen molar-refractivity contribution in [3.63, 3.8) is 0 Å². The van der Waals surface area contributed by atoms with E-state index in [2.05, 4.69) is 35.5 Å². The molecule has 11 nitrogen and oxygen atoms in total. The van der Waals surface area contributed by atoms with Crippen molar-refractivity contribution >= 4 is 39.1 Å². The van der Waals surface area contributed by atoms with Crippen LogP contribution in [0.5, 0.6) is 0 Å². The van der Waals surface area contributed by atoms with Gasteiger partial charge in [-0.3, -0.25) is 4.72 Å². The zero-order valence-electron chi connectivity index (χ0n) is 18.2. The van der Waals surface area contributed by atoms with Crippen LogP contribution in [0.3, 0.4) is 0 Å². The molecule has 3 aromatic rings. The largest absolute Gasteiger partial charge is 0.421 e. The summed E-state index contributed by atoms with van der Waals surface area (Å²) in [6.45, 7) is 1.24. The maximum Gasteiger partial charge on any atom is 0.421 e. The molecule has 0 spiro atoms. The van der Waals surface area contributed by atoms with Crippen molar-refractivity contribution in [3.8, 4) is 0 Å². The van der Waals surface area contributed by atoms with Crippen LogP contribution in [0, 0.1) is 0 Å². The van der Waals surface area contributed by atoms with Gasteiger partial charge in [0.15, 0.2) is 5.84 Å². The number of oxime groups is 1. The average molecular weight is 511 g/mol. The van der Waals surface area contributed by atoms with E-state index in [1.54, 1.807) is 12.1 Å². The molecule has 0 atom stereocenters. The van der Waals surface area contributed by atoms with Crippen molar-refractivity contribution < 1.29 is 26.8 Å². The number of hydrogen-bond donors (Lipinski definition) is 5. The summed E-state index contributed by atoms with van der Waals surface area (Å²) >= 11 is 0. The van der Waals surface area contributed by atoms with Gasteiger partial charge in [-0.1, -0.05) is 11.2 Å². The SMILES string of the molecule is CCS(=O)(=O)Nc1ncccc1CNc1nc(Nc2ccc(C(N)=NO)cc2)ncc1C(F)(F)F. The van der Waals surface area contributed by atoms with E-state index in [0.29, 0.717) is 23.0 Å². The lowest BCUT2D eigenvalue weighted by Gasteiger charge is -2.16. The number of benzene rings is 1. The number of sulfonamides is 1. The van der Waals surface area contributed by atoms with Gasteiger partial charge in [0.25, 0.3) is 0 Å². The van der Waals surface area contributed by atoms with E-state index in [1.165, 1.54) is 37.4 Å². The lowest BCUT2D eigenvalue weighted by molar-refractivity contribution is -0.137. The zero-order valence-corrected chi connectivity index (χ0v) is 19.0. The van der Waals surface area contributed by atoms with Gasteiger partial charge in [0, 0.05) is 35.8 Å². The van der Waals surface area contributed by atoms with Crippen molar-refractivity contribution in [1.29, 1.82) is 0 Å². The summed E-state index contributed by atoms with van der Waals surface area (Å²) in [6.07, 6.45) is -2.76. The standard InChI is InChI=1S/C20H21F3N8O3S/c1-2-35(33,34)31-17-13(4-3-9-25-17)10-26-18-15(20(21,22)23)11-27-19(29-18)28-14-7-5-12(6-8-14)16(24)30-32/h3-9,11,32H,2,10H2,1H3,(H2,24,30)(H,25,31)(H2,26,27,28,29). The summed E-state index contributed by atoms with van der Waals surface area (Å²) in [4.78, 5) is 11.6. The summed E-state index contributed by atoms with van der Waals surface area (Å²) in [7, 11) is -3.65. The number of pyridine rings is 1. The Morgan fingerprint density at radius 2 is 1.86 bits per heavy atom. The van der Waals surface area contributed by atoms with Crippen molar-refractivity contribution in [2.24, 2.45) is 10.9 Å². The van der Waals surface area contributed by atoms with E-state index in [0.717, 1.165) is 0 Å². The first-order valence-electron chi connectivity index (χ1n) is 10.00. The van der Waals surface area contributed by atoms with Crippen LogP contribution in [-0.2, 0) is 22.7 Å². The minimum absolute atomic E-state index is 0.00593. The van der Waals surface area contributed by atoms with Gasteiger partial charge in [-0.2, -0.15) is 18.2 Å². The molecule has 15 heteroatoms. The quantitative estimate of drug-likeness (QED) is 0.126. The summed E-state index contributed by atoms with van der Waals surface area (Å²) < 4.78 is 66.7. The van der Waals surface area contributed by atoms with E-state index in [-0.39, 0.29) is 29.9 Å². The molecule has 0 bridgehead atoms. The molecular weight excluding hydrogens is 489 g/mol. The number of aromatic nitrogens is 3. The summed E-state index contributed by atoms with van der Waals surface area (Å²) in [6, 6.07) is 9.19. The molecule has 0 aliphatic rings. The molecule has 6 N–H and O–H groups in total. The van der Waals surface area contributed by atoms with E-state index in [9.17, 15) is 21.6 Å². The number of halogens is 3. The molecule has 0 saturated carbocycles. The Labute approximate surface area is 198 Å². The summed E-state index contributed by atoms with van der Waals surface area (Å²) in [5, 5.41) is 17.0. The second-order valence-corrected chi connectivity index (χ2v) is 9.02. The van der Waals surface area contributed by atoms with Crippen LogP contribution >= 0.6 is 0 Å². The molecular formula is C20H21F3N8O3S. The number of amidine groups is 1. The maximum atomic E-state index is 13.5. The lowest BCUT2D eigenvalue weighted by Crippen LogP contribution is -2.18. The molecule has 186 valence electrons. The normalized spacial score (nSPS) is 12.3. The topological polar surface area (TPSA) is 168 Å². The maximum absolute atomic E-state index is 13.5. The third-order valence-electron chi connectivity index (χ3n) is 4.61. The third-order valence-corrected chi connectivity index (χ3v) is 5.87. The molecule has 2 aromatic heterocycles. The molecule has 0 unspecified atom stereocenters. The van der Waals surface area contributed by atoms with Crippen molar-refractivity contribution in [3.05, 3.63) is 65.5 Å². The van der Waals surface area contributed by atoms with Gasteiger partial charge < -0.3 is 21.6 Å².